The number of nitrogens with zero attached hydrogens (tertiary/aromatic N) is 3. The van der Waals surface area contributed by atoms with Gasteiger partial charge in [-0.15, -0.1) is 0 Å². The van der Waals surface area contributed by atoms with E-state index in [1.165, 1.54) is 11.1 Å². The summed E-state index contributed by atoms with van der Waals surface area (Å²) in [5, 5.41) is 6.38. The third-order valence-corrected chi connectivity index (χ3v) is 5.74. The summed E-state index contributed by atoms with van der Waals surface area (Å²) in [6, 6.07) is 12.4. The van der Waals surface area contributed by atoms with Crippen LogP contribution in [0.5, 0.6) is 0 Å². The lowest BCUT2D eigenvalue weighted by Gasteiger charge is -2.12. The summed E-state index contributed by atoms with van der Waals surface area (Å²) in [5.41, 5.74) is 7.87. The fraction of sp³-hybridized carbons (Fsp3) is 0.292. The molecule has 6 nitrogen and oxygen atoms in total. The second-order valence-corrected chi connectivity index (χ2v) is 8.04. The standard InChI is InChI=1S/C24H25N5O/c1-4-25-22-23-26-13-21(29(23)20-12-15(3)14(2)11-19(20)28-22)16-5-7-17(8-6-16)24(30)27-18-9-10-18/h5-8,11-13,18H,4,9-10H2,1-3H3,(H,25,28)(H,27,30). The molecule has 2 aromatic carbocycles. The lowest BCUT2D eigenvalue weighted by Crippen LogP contribution is -2.25. The van der Waals surface area contributed by atoms with Crippen molar-refractivity contribution in [3.63, 3.8) is 0 Å². The number of carbonyl (C=O) groups is 1. The van der Waals surface area contributed by atoms with E-state index in [0.29, 0.717) is 11.6 Å². The van der Waals surface area contributed by atoms with E-state index in [1.54, 1.807) is 0 Å². The first-order valence-electron chi connectivity index (χ1n) is 10.5. The molecule has 0 aliphatic heterocycles. The van der Waals surface area contributed by atoms with Gasteiger partial charge in [-0.1, -0.05) is 12.1 Å². The van der Waals surface area contributed by atoms with Crippen LogP contribution in [0.2, 0.25) is 0 Å². The van der Waals surface area contributed by atoms with Crippen LogP contribution in [0.25, 0.3) is 27.9 Å². The van der Waals surface area contributed by atoms with E-state index in [-0.39, 0.29) is 5.91 Å². The zero-order chi connectivity index (χ0) is 20.8. The molecule has 2 aromatic heterocycles. The van der Waals surface area contributed by atoms with Gasteiger partial charge in [0.25, 0.3) is 5.91 Å². The van der Waals surface area contributed by atoms with Gasteiger partial charge < -0.3 is 10.6 Å². The molecule has 1 aliphatic rings. The average molecular weight is 399 g/mol. The van der Waals surface area contributed by atoms with Crippen LogP contribution in [-0.2, 0) is 0 Å². The Morgan fingerprint density at radius 3 is 2.57 bits per heavy atom. The van der Waals surface area contributed by atoms with E-state index in [2.05, 4.69) is 52.9 Å². The van der Waals surface area contributed by atoms with Crippen molar-refractivity contribution in [1.82, 2.24) is 19.7 Å². The van der Waals surface area contributed by atoms with Gasteiger partial charge in [0.15, 0.2) is 11.5 Å². The zero-order valence-corrected chi connectivity index (χ0v) is 17.5. The summed E-state index contributed by atoms with van der Waals surface area (Å²) in [7, 11) is 0. The number of anilines is 1. The largest absolute Gasteiger partial charge is 0.367 e. The molecule has 0 spiro atoms. The Hall–Kier alpha value is -3.41. The van der Waals surface area contributed by atoms with Crippen molar-refractivity contribution < 1.29 is 4.79 Å². The molecule has 0 saturated heterocycles. The third-order valence-electron chi connectivity index (χ3n) is 5.74. The second kappa shape index (κ2) is 7.13. The van der Waals surface area contributed by atoms with E-state index in [1.807, 2.05) is 30.5 Å². The number of rotatable bonds is 5. The number of benzene rings is 2. The predicted octanol–water partition coefficient (Wildman–Crippen LogP) is 4.49. The molecule has 5 rings (SSSR count). The van der Waals surface area contributed by atoms with Gasteiger partial charge in [-0.05, 0) is 69.0 Å². The van der Waals surface area contributed by atoms with Gasteiger partial charge in [-0.3, -0.25) is 9.20 Å². The average Bonchev–Trinajstić information content (AvgIpc) is 3.44. The maximum atomic E-state index is 12.3. The van der Waals surface area contributed by atoms with E-state index in [9.17, 15) is 4.79 Å². The minimum absolute atomic E-state index is 0.00243. The third kappa shape index (κ3) is 3.18. The van der Waals surface area contributed by atoms with Gasteiger partial charge in [-0.25, -0.2) is 9.97 Å². The maximum Gasteiger partial charge on any atom is 0.251 e. The van der Waals surface area contributed by atoms with Crippen molar-refractivity contribution in [2.45, 2.75) is 39.7 Å². The van der Waals surface area contributed by atoms with Crippen molar-refractivity contribution >= 4 is 28.4 Å². The highest BCUT2D eigenvalue weighted by molar-refractivity contribution is 5.95. The van der Waals surface area contributed by atoms with Crippen molar-refractivity contribution in [2.75, 3.05) is 11.9 Å². The van der Waals surface area contributed by atoms with E-state index >= 15 is 0 Å². The molecule has 152 valence electrons. The predicted molar refractivity (Wildman–Crippen MR) is 120 cm³/mol. The highest BCUT2D eigenvalue weighted by atomic mass is 16.1. The molecule has 0 radical (unpaired) electrons. The normalized spacial score (nSPS) is 13.7. The number of hydrogen-bond donors (Lipinski definition) is 2. The lowest BCUT2D eigenvalue weighted by molar-refractivity contribution is 0.0951. The van der Waals surface area contributed by atoms with Gasteiger partial charge >= 0.3 is 0 Å². The summed E-state index contributed by atoms with van der Waals surface area (Å²) >= 11 is 0. The van der Waals surface area contributed by atoms with E-state index in [4.69, 9.17) is 4.98 Å². The zero-order valence-electron chi connectivity index (χ0n) is 17.5. The van der Waals surface area contributed by atoms with Crippen LogP contribution in [0.3, 0.4) is 0 Å². The molecule has 6 heteroatoms. The summed E-state index contributed by atoms with van der Waals surface area (Å²) in [5.74, 6) is 0.775. The second-order valence-electron chi connectivity index (χ2n) is 8.04. The van der Waals surface area contributed by atoms with E-state index < -0.39 is 0 Å². The van der Waals surface area contributed by atoms with Crippen LogP contribution >= 0.6 is 0 Å². The number of amides is 1. The lowest BCUT2D eigenvalue weighted by atomic mass is 10.1. The monoisotopic (exact) mass is 399 g/mol. The molecular formula is C24H25N5O. The van der Waals surface area contributed by atoms with Crippen molar-refractivity contribution in [1.29, 1.82) is 0 Å². The molecular weight excluding hydrogens is 374 g/mol. The van der Waals surface area contributed by atoms with Crippen LogP contribution in [0.15, 0.2) is 42.6 Å². The molecule has 1 fully saturated rings. The fourth-order valence-corrected chi connectivity index (χ4v) is 3.77. The number of aryl methyl sites for hydroxylation is 2. The fourth-order valence-electron chi connectivity index (χ4n) is 3.77. The van der Waals surface area contributed by atoms with Gasteiger partial charge in [0.1, 0.15) is 0 Å². The number of fused-ring (bicyclic) bond motifs is 3. The Morgan fingerprint density at radius 1 is 1.13 bits per heavy atom. The molecule has 30 heavy (non-hydrogen) atoms. The quantitative estimate of drug-likeness (QED) is 0.519. The Kier molecular flexibility index (Phi) is 4.42. The molecule has 1 aliphatic carbocycles. The van der Waals surface area contributed by atoms with Crippen LogP contribution in [-0.4, -0.2) is 32.9 Å². The minimum atomic E-state index is -0.00243. The summed E-state index contributed by atoms with van der Waals surface area (Å²) in [4.78, 5) is 21.8. The summed E-state index contributed by atoms with van der Waals surface area (Å²) in [6.07, 6.45) is 4.05. The van der Waals surface area contributed by atoms with Crippen LogP contribution in [0, 0.1) is 13.8 Å². The Balaban J connectivity index is 1.65. The van der Waals surface area contributed by atoms with Gasteiger partial charge in [0.2, 0.25) is 0 Å². The summed E-state index contributed by atoms with van der Waals surface area (Å²) < 4.78 is 2.16. The van der Waals surface area contributed by atoms with Gasteiger partial charge in [0, 0.05) is 23.7 Å². The van der Waals surface area contributed by atoms with Gasteiger partial charge in [0.05, 0.1) is 22.9 Å². The van der Waals surface area contributed by atoms with Crippen molar-refractivity contribution in [3.8, 4) is 11.3 Å². The molecule has 4 aromatic rings. The minimum Gasteiger partial charge on any atom is -0.367 e. The van der Waals surface area contributed by atoms with Crippen LogP contribution in [0.4, 0.5) is 5.82 Å². The number of aromatic nitrogens is 3. The highest BCUT2D eigenvalue weighted by Crippen LogP contribution is 2.30. The van der Waals surface area contributed by atoms with E-state index in [0.717, 1.165) is 53.1 Å². The first-order chi connectivity index (χ1) is 14.5. The molecule has 2 heterocycles. The molecule has 0 bridgehead atoms. The van der Waals surface area contributed by atoms with Crippen LogP contribution in [0.1, 0.15) is 41.3 Å². The Morgan fingerprint density at radius 2 is 1.87 bits per heavy atom. The van der Waals surface area contributed by atoms with Crippen molar-refractivity contribution in [3.05, 3.63) is 59.3 Å². The number of imidazole rings is 1. The maximum absolute atomic E-state index is 12.3. The first-order valence-corrected chi connectivity index (χ1v) is 10.5. The molecule has 1 saturated carbocycles. The molecule has 0 unspecified atom stereocenters. The van der Waals surface area contributed by atoms with Crippen LogP contribution < -0.4 is 10.6 Å². The smallest absolute Gasteiger partial charge is 0.251 e. The highest BCUT2D eigenvalue weighted by Gasteiger charge is 2.24. The summed E-state index contributed by atoms with van der Waals surface area (Å²) in [6.45, 7) is 7.04. The molecule has 2 N–H and O–H groups in total. The topological polar surface area (TPSA) is 71.3 Å². The number of nitrogens with one attached hydrogen (secondary N) is 2. The number of carbonyl (C=O) groups excluding carboxylic acids is 1. The Bertz CT molecular complexity index is 1270. The Labute approximate surface area is 175 Å². The van der Waals surface area contributed by atoms with Gasteiger partial charge in [-0.2, -0.15) is 0 Å². The molecule has 1 amide bonds. The number of hydrogen-bond acceptors (Lipinski definition) is 4. The molecule has 0 atom stereocenters. The van der Waals surface area contributed by atoms with Crippen molar-refractivity contribution in [2.24, 2.45) is 0 Å². The first kappa shape index (κ1) is 18.6. The SMILES string of the molecule is CCNc1nc2cc(C)c(C)cc2n2c(-c3ccc(C(=O)NC4CC4)cc3)cnc12.